The van der Waals surface area contributed by atoms with Crippen molar-refractivity contribution in [3.63, 3.8) is 0 Å². The average Bonchev–Trinajstić information content (AvgIpc) is 3.06. The number of benzene rings is 2. The van der Waals surface area contributed by atoms with E-state index in [4.69, 9.17) is 4.74 Å². The third kappa shape index (κ3) is 4.52. The number of rotatable bonds is 3. The number of amides is 1. The maximum atomic E-state index is 14.0. The van der Waals surface area contributed by atoms with Crippen LogP contribution < -0.4 is 15.2 Å². The summed E-state index contributed by atoms with van der Waals surface area (Å²) in [5.74, 6) is -2.15. The van der Waals surface area contributed by atoms with E-state index in [0.717, 1.165) is 31.0 Å². The van der Waals surface area contributed by atoms with Gasteiger partial charge < -0.3 is 9.64 Å². The molecule has 2 aliphatic rings. The van der Waals surface area contributed by atoms with Crippen LogP contribution in [0.1, 0.15) is 52.6 Å². The molecular weight excluding hydrogens is 533 g/mol. The van der Waals surface area contributed by atoms with Crippen molar-refractivity contribution < 1.29 is 27.5 Å². The highest BCUT2D eigenvalue weighted by Crippen LogP contribution is 2.44. The van der Waals surface area contributed by atoms with Crippen molar-refractivity contribution in [1.29, 1.82) is 5.26 Å². The van der Waals surface area contributed by atoms with E-state index >= 15 is 0 Å². The lowest BCUT2D eigenvalue weighted by Crippen LogP contribution is -2.60. The Balaban J connectivity index is 1.82. The third-order valence-electron chi connectivity index (χ3n) is 6.74. The minimum absolute atomic E-state index is 0.407. The molecule has 200 valence electrons. The quantitative estimate of drug-likeness (QED) is 0.445. The average molecular weight is 555 g/mol. The number of carbonyl (C=O) groups excluding carboxylic acids is 2. The van der Waals surface area contributed by atoms with E-state index in [9.17, 15) is 32.8 Å². The molecule has 39 heavy (non-hydrogen) atoms. The van der Waals surface area contributed by atoms with Crippen molar-refractivity contribution in [1.82, 2.24) is 9.58 Å². The first-order chi connectivity index (χ1) is 18.5. The van der Waals surface area contributed by atoms with Gasteiger partial charge in [0.05, 0.1) is 11.6 Å². The molecule has 0 saturated carbocycles. The van der Waals surface area contributed by atoms with Crippen molar-refractivity contribution in [2.75, 3.05) is 11.7 Å². The summed E-state index contributed by atoms with van der Waals surface area (Å²) in [4.78, 5) is 39.4. The van der Waals surface area contributed by atoms with Crippen LogP contribution in [0.2, 0.25) is 0 Å². The molecule has 5 rings (SSSR count). The number of fused-ring (bicyclic) bond motifs is 3. The molecule has 1 aromatic heterocycles. The van der Waals surface area contributed by atoms with E-state index in [2.05, 4.69) is 6.07 Å². The number of ether oxygens (including phenoxy) is 1. The van der Waals surface area contributed by atoms with Gasteiger partial charge in [0.25, 0.3) is 5.91 Å². The number of halogens is 3. The summed E-state index contributed by atoms with van der Waals surface area (Å²) in [5, 5.41) is 11.3. The van der Waals surface area contributed by atoms with E-state index in [1.54, 1.807) is 24.3 Å². The van der Waals surface area contributed by atoms with Crippen LogP contribution in [0.5, 0.6) is 5.75 Å². The third-order valence-corrected chi connectivity index (χ3v) is 7.94. The molecule has 2 aromatic carbocycles. The number of esters is 1. The zero-order valence-corrected chi connectivity index (χ0v) is 21.5. The lowest BCUT2D eigenvalue weighted by molar-refractivity contribution is -0.173. The lowest BCUT2D eigenvalue weighted by atomic mass is 9.93. The summed E-state index contributed by atoms with van der Waals surface area (Å²) in [5.41, 5.74) is 1.39. The predicted octanol–water partition coefficient (Wildman–Crippen LogP) is 4.34. The van der Waals surface area contributed by atoms with Crippen LogP contribution in [0.3, 0.4) is 0 Å². The van der Waals surface area contributed by atoms with Crippen LogP contribution >= 0.6 is 11.8 Å². The maximum Gasteiger partial charge on any atom is 0.408 e. The van der Waals surface area contributed by atoms with Gasteiger partial charge in [-0.25, -0.2) is 0 Å². The standard InChI is InChI=1S/C27H21F3N4O4S/c1-15(27(28,29)30)32-14-34(33-11-10-21(36)24(38-16(2)35)23(33)26(32)37)22-19-8-4-3-6-18(19)13-39-25-17(12-31)7-5-9-20(22)25/h3-11,15,22H,13-14H2,1-2H3/t15-,22-/m1/s1. The Morgan fingerprint density at radius 3 is 2.54 bits per heavy atom. The van der Waals surface area contributed by atoms with Gasteiger partial charge in [0.1, 0.15) is 18.8 Å². The SMILES string of the molecule is CC(=O)Oc1c2n(ccc1=O)N([C@@H]1c3ccccc3CSc3c(C#N)cccc31)CN([C@H](C)C(F)(F)F)C2=O. The molecule has 0 bridgehead atoms. The van der Waals surface area contributed by atoms with E-state index in [0.29, 0.717) is 26.7 Å². The van der Waals surface area contributed by atoms with E-state index in [1.807, 2.05) is 18.2 Å². The Bertz CT molecular complexity index is 1600. The van der Waals surface area contributed by atoms with Gasteiger partial charge in [0.15, 0.2) is 5.69 Å². The number of thioether (sulfide) groups is 1. The van der Waals surface area contributed by atoms with Gasteiger partial charge in [-0.2, -0.15) is 18.4 Å². The maximum absolute atomic E-state index is 14.0. The second-order valence-corrected chi connectivity index (χ2v) is 10.1. The minimum atomic E-state index is -4.77. The molecular formula is C27H21F3N4O4S. The molecule has 12 heteroatoms. The topological polar surface area (TPSA) is 95.6 Å². The van der Waals surface area contributed by atoms with Crippen LogP contribution in [0.15, 0.2) is 64.4 Å². The number of nitrogens with zero attached hydrogens (tertiary/aromatic N) is 4. The number of alkyl halides is 3. The van der Waals surface area contributed by atoms with Gasteiger partial charge in [0.2, 0.25) is 11.2 Å². The number of hydrogen-bond donors (Lipinski definition) is 0. The van der Waals surface area contributed by atoms with E-state index in [1.165, 1.54) is 27.6 Å². The van der Waals surface area contributed by atoms with Gasteiger partial charge in [-0.3, -0.25) is 24.1 Å². The predicted molar refractivity (Wildman–Crippen MR) is 136 cm³/mol. The monoisotopic (exact) mass is 554 g/mol. The molecule has 3 aromatic rings. The Labute approximate surface area is 225 Å². The molecule has 2 aliphatic heterocycles. The van der Waals surface area contributed by atoms with Gasteiger partial charge >= 0.3 is 12.1 Å². The Morgan fingerprint density at radius 1 is 1.13 bits per heavy atom. The molecule has 1 amide bonds. The normalized spacial score (nSPS) is 17.3. The fourth-order valence-electron chi connectivity index (χ4n) is 4.86. The highest BCUT2D eigenvalue weighted by Gasteiger charge is 2.48. The smallest absolute Gasteiger partial charge is 0.408 e. The highest BCUT2D eigenvalue weighted by atomic mass is 32.2. The summed E-state index contributed by atoms with van der Waals surface area (Å²) in [6.07, 6.45) is -3.49. The number of pyridine rings is 1. The molecule has 2 atom stereocenters. The number of aromatic nitrogens is 1. The van der Waals surface area contributed by atoms with Crippen molar-refractivity contribution >= 4 is 23.6 Å². The van der Waals surface area contributed by atoms with Gasteiger partial charge in [-0.15, -0.1) is 11.8 Å². The van der Waals surface area contributed by atoms with Crippen LogP contribution in [0, 0.1) is 11.3 Å². The van der Waals surface area contributed by atoms with Crippen molar-refractivity contribution in [2.45, 2.75) is 42.8 Å². The summed E-state index contributed by atoms with van der Waals surface area (Å²) >= 11 is 1.44. The molecule has 0 aliphatic carbocycles. The van der Waals surface area contributed by atoms with Gasteiger partial charge in [0, 0.05) is 29.8 Å². The van der Waals surface area contributed by atoms with Crippen LogP contribution in [-0.4, -0.2) is 40.3 Å². The molecule has 0 spiro atoms. The van der Waals surface area contributed by atoms with Gasteiger partial charge in [-0.05, 0) is 29.7 Å². The molecule has 0 saturated heterocycles. The fourth-order valence-corrected chi connectivity index (χ4v) is 6.03. The molecule has 0 N–H and O–H groups in total. The Morgan fingerprint density at radius 2 is 1.85 bits per heavy atom. The molecule has 0 fully saturated rings. The zero-order chi connectivity index (χ0) is 28.1. The largest absolute Gasteiger partial charge is 0.420 e. The number of hydrogen-bond acceptors (Lipinski definition) is 7. The van der Waals surface area contributed by atoms with E-state index in [-0.39, 0.29) is 0 Å². The number of nitriles is 1. The highest BCUT2D eigenvalue weighted by molar-refractivity contribution is 7.98. The molecule has 0 unspecified atom stereocenters. The first-order valence-electron chi connectivity index (χ1n) is 11.8. The van der Waals surface area contributed by atoms with Crippen LogP contribution in [-0.2, 0) is 10.5 Å². The minimum Gasteiger partial charge on any atom is -0.420 e. The van der Waals surface area contributed by atoms with Crippen molar-refractivity contribution in [3.8, 4) is 11.8 Å². The fraction of sp³-hybridized carbons (Fsp3) is 0.259. The molecule has 8 nitrogen and oxygen atoms in total. The second-order valence-electron chi connectivity index (χ2n) is 9.10. The van der Waals surface area contributed by atoms with Crippen LogP contribution in [0.25, 0.3) is 0 Å². The van der Waals surface area contributed by atoms with Crippen molar-refractivity contribution in [2.24, 2.45) is 0 Å². The van der Waals surface area contributed by atoms with E-state index < -0.39 is 53.7 Å². The van der Waals surface area contributed by atoms with Crippen LogP contribution in [0.4, 0.5) is 13.2 Å². The zero-order valence-electron chi connectivity index (χ0n) is 20.7. The summed E-state index contributed by atoms with van der Waals surface area (Å²) < 4.78 is 48.3. The number of carbonyl (C=O) groups is 2. The Hall–Kier alpha value is -4.24. The lowest BCUT2D eigenvalue weighted by Gasteiger charge is -2.46. The first kappa shape index (κ1) is 26.4. The summed E-state index contributed by atoms with van der Waals surface area (Å²) in [7, 11) is 0. The Kier molecular flexibility index (Phi) is 6.64. The summed E-state index contributed by atoms with van der Waals surface area (Å²) in [6.45, 7) is 1.38. The first-order valence-corrected chi connectivity index (χ1v) is 12.8. The molecule has 0 radical (unpaired) electrons. The molecule has 3 heterocycles. The van der Waals surface area contributed by atoms with Gasteiger partial charge in [-0.1, -0.05) is 36.4 Å². The second kappa shape index (κ2) is 9.81. The van der Waals surface area contributed by atoms with Crippen molar-refractivity contribution in [3.05, 3.63) is 92.9 Å². The summed E-state index contributed by atoms with van der Waals surface area (Å²) in [6, 6.07) is 12.8.